The Hall–Kier alpha value is -2.45. The number of urea groups is 1. The number of benzene rings is 1. The van der Waals surface area contributed by atoms with Gasteiger partial charge in [0.1, 0.15) is 5.82 Å². The highest BCUT2D eigenvalue weighted by atomic mass is 35.5. The van der Waals surface area contributed by atoms with Crippen LogP contribution in [0.3, 0.4) is 0 Å². The average Bonchev–Trinajstić information content (AvgIpc) is 2.73. The van der Waals surface area contributed by atoms with Gasteiger partial charge in [-0.3, -0.25) is 0 Å². The van der Waals surface area contributed by atoms with Crippen LogP contribution in [0.4, 0.5) is 15.1 Å². The lowest BCUT2D eigenvalue weighted by molar-refractivity contribution is -0.0554. The van der Waals surface area contributed by atoms with Gasteiger partial charge in [-0.1, -0.05) is 17.7 Å². The molecule has 1 aromatic carbocycles. The van der Waals surface area contributed by atoms with E-state index in [0.29, 0.717) is 37.6 Å². The Morgan fingerprint density at radius 2 is 2.26 bits per heavy atom. The number of nitrogens with zero attached hydrogens (tertiary/aromatic N) is 3. The Balaban J connectivity index is 1.36. The first-order valence-electron chi connectivity index (χ1n) is 10.5. The van der Waals surface area contributed by atoms with E-state index in [1.54, 1.807) is 11.0 Å². The van der Waals surface area contributed by atoms with Crippen molar-refractivity contribution in [1.29, 1.82) is 0 Å². The number of ether oxygens (including phenoxy) is 1. The van der Waals surface area contributed by atoms with Gasteiger partial charge < -0.3 is 20.3 Å². The number of anilines is 1. The second-order valence-electron chi connectivity index (χ2n) is 8.69. The van der Waals surface area contributed by atoms with Gasteiger partial charge in [-0.2, -0.15) is 0 Å². The predicted molar refractivity (Wildman–Crippen MR) is 116 cm³/mol. The van der Waals surface area contributed by atoms with Crippen molar-refractivity contribution in [2.45, 2.75) is 57.8 Å². The Kier molecular flexibility index (Phi) is 6.29. The van der Waals surface area contributed by atoms with Gasteiger partial charge in [0.15, 0.2) is 0 Å². The quantitative estimate of drug-likeness (QED) is 0.743. The van der Waals surface area contributed by atoms with Crippen LogP contribution < -0.4 is 10.6 Å². The first-order chi connectivity index (χ1) is 14.8. The molecule has 1 fully saturated rings. The summed E-state index contributed by atoms with van der Waals surface area (Å²) in [6, 6.07) is 4.56. The molecule has 2 aliphatic heterocycles. The number of nitrogens with one attached hydrogen (secondary N) is 2. The van der Waals surface area contributed by atoms with E-state index in [1.165, 1.54) is 12.1 Å². The van der Waals surface area contributed by atoms with E-state index in [2.05, 4.69) is 34.4 Å². The van der Waals surface area contributed by atoms with Crippen molar-refractivity contribution in [3.63, 3.8) is 0 Å². The lowest BCUT2D eigenvalue weighted by atomic mass is 9.94. The van der Waals surface area contributed by atoms with Gasteiger partial charge in [-0.25, -0.2) is 19.2 Å². The number of fused-ring (bicyclic) bond motifs is 1. The van der Waals surface area contributed by atoms with Crippen LogP contribution in [0.2, 0.25) is 5.02 Å². The lowest BCUT2D eigenvalue weighted by Crippen LogP contribution is -2.43. The molecular formula is C22H27ClFN5O2. The summed E-state index contributed by atoms with van der Waals surface area (Å²) in [6.45, 7) is 6.10. The molecule has 7 nitrogen and oxygen atoms in total. The fourth-order valence-corrected chi connectivity index (χ4v) is 4.14. The van der Waals surface area contributed by atoms with Crippen molar-refractivity contribution < 1.29 is 13.9 Å². The molecule has 31 heavy (non-hydrogen) atoms. The average molecular weight is 448 g/mol. The minimum absolute atomic E-state index is 0.0659. The molecule has 1 atom stereocenters. The van der Waals surface area contributed by atoms with E-state index in [0.717, 1.165) is 24.1 Å². The van der Waals surface area contributed by atoms with E-state index < -0.39 is 5.82 Å². The number of hydrogen-bond donors (Lipinski definition) is 2. The molecule has 2 N–H and O–H groups in total. The number of amides is 2. The van der Waals surface area contributed by atoms with Gasteiger partial charge in [0.05, 0.1) is 22.9 Å². The molecule has 2 aliphatic rings. The normalized spacial score (nSPS) is 20.1. The molecule has 166 valence electrons. The van der Waals surface area contributed by atoms with Crippen molar-refractivity contribution in [2.24, 2.45) is 0 Å². The van der Waals surface area contributed by atoms with E-state index in [-0.39, 0.29) is 29.2 Å². The number of rotatable bonds is 4. The van der Waals surface area contributed by atoms with Crippen LogP contribution in [0.15, 0.2) is 24.4 Å². The van der Waals surface area contributed by atoms with Crippen molar-refractivity contribution in [3.8, 4) is 0 Å². The van der Waals surface area contributed by atoms with Crippen LogP contribution in [-0.4, -0.2) is 45.7 Å². The van der Waals surface area contributed by atoms with Gasteiger partial charge >= 0.3 is 6.03 Å². The zero-order chi connectivity index (χ0) is 22.0. The molecule has 3 heterocycles. The van der Waals surface area contributed by atoms with E-state index in [4.69, 9.17) is 16.3 Å². The third-order valence-electron chi connectivity index (χ3n) is 5.69. The molecule has 1 unspecified atom stereocenters. The number of aromatic nitrogens is 2. The van der Waals surface area contributed by atoms with E-state index in [1.807, 2.05) is 6.20 Å². The molecule has 0 radical (unpaired) electrons. The number of halogens is 2. The molecule has 0 bridgehead atoms. The van der Waals surface area contributed by atoms with Crippen LogP contribution in [0.5, 0.6) is 0 Å². The highest BCUT2D eigenvalue weighted by Gasteiger charge is 2.29. The summed E-state index contributed by atoms with van der Waals surface area (Å²) in [5, 5.41) is 6.33. The van der Waals surface area contributed by atoms with Crippen molar-refractivity contribution in [2.75, 3.05) is 18.5 Å². The summed E-state index contributed by atoms with van der Waals surface area (Å²) in [6.07, 6.45) is 4.33. The lowest BCUT2D eigenvalue weighted by Gasteiger charge is -2.36. The summed E-state index contributed by atoms with van der Waals surface area (Å²) in [7, 11) is 0. The largest absolute Gasteiger partial charge is 0.375 e. The molecule has 1 saturated heterocycles. The molecule has 1 aromatic heterocycles. The first-order valence-corrected chi connectivity index (χ1v) is 10.9. The van der Waals surface area contributed by atoms with Crippen LogP contribution in [0.1, 0.15) is 43.5 Å². The topological polar surface area (TPSA) is 79.4 Å². The molecule has 0 spiro atoms. The maximum atomic E-state index is 13.6. The zero-order valence-electron chi connectivity index (χ0n) is 17.8. The summed E-state index contributed by atoms with van der Waals surface area (Å²) in [4.78, 5) is 23.5. The van der Waals surface area contributed by atoms with Gasteiger partial charge in [-0.15, -0.1) is 0 Å². The minimum atomic E-state index is -0.495. The van der Waals surface area contributed by atoms with Gasteiger partial charge in [0, 0.05) is 31.9 Å². The third kappa shape index (κ3) is 5.43. The predicted octanol–water partition coefficient (Wildman–Crippen LogP) is 3.91. The van der Waals surface area contributed by atoms with Crippen molar-refractivity contribution >= 4 is 23.6 Å². The number of carbonyl (C=O) groups excluding carboxylic acids is 1. The fourth-order valence-electron chi connectivity index (χ4n) is 4.02. The monoisotopic (exact) mass is 447 g/mol. The van der Waals surface area contributed by atoms with Gasteiger partial charge in [-0.05, 0) is 56.4 Å². The summed E-state index contributed by atoms with van der Waals surface area (Å²) in [5.74, 6) is 0.0882. The van der Waals surface area contributed by atoms with Crippen LogP contribution in [-0.2, 0) is 24.2 Å². The minimum Gasteiger partial charge on any atom is -0.375 e. The molecule has 2 amide bonds. The zero-order valence-corrected chi connectivity index (χ0v) is 18.5. The molecule has 0 aliphatic carbocycles. The molecule has 0 saturated carbocycles. The summed E-state index contributed by atoms with van der Waals surface area (Å²) < 4.78 is 19.4. The van der Waals surface area contributed by atoms with E-state index >= 15 is 0 Å². The van der Waals surface area contributed by atoms with Gasteiger partial charge in [0.2, 0.25) is 5.95 Å². The number of carbonyl (C=O) groups is 1. The Morgan fingerprint density at radius 1 is 1.42 bits per heavy atom. The van der Waals surface area contributed by atoms with Crippen LogP contribution in [0, 0.1) is 5.82 Å². The highest BCUT2D eigenvalue weighted by Crippen LogP contribution is 2.26. The summed E-state index contributed by atoms with van der Waals surface area (Å²) >= 11 is 5.71. The maximum Gasteiger partial charge on any atom is 0.318 e. The number of hydrogen-bond acceptors (Lipinski definition) is 5. The van der Waals surface area contributed by atoms with Crippen molar-refractivity contribution in [1.82, 2.24) is 20.2 Å². The molecule has 4 rings (SSSR count). The van der Waals surface area contributed by atoms with Crippen LogP contribution in [0.25, 0.3) is 0 Å². The second kappa shape index (κ2) is 8.96. The summed E-state index contributed by atoms with van der Waals surface area (Å²) in [5.41, 5.74) is 2.40. The highest BCUT2D eigenvalue weighted by molar-refractivity contribution is 6.30. The fraction of sp³-hybridized carbons (Fsp3) is 0.500. The Morgan fingerprint density at radius 3 is 3.03 bits per heavy atom. The molecule has 2 aromatic rings. The smallest absolute Gasteiger partial charge is 0.318 e. The Bertz CT molecular complexity index is 971. The molecular weight excluding hydrogens is 421 g/mol. The van der Waals surface area contributed by atoms with Crippen LogP contribution >= 0.6 is 11.6 Å². The van der Waals surface area contributed by atoms with Gasteiger partial charge in [0.25, 0.3) is 0 Å². The van der Waals surface area contributed by atoms with E-state index in [9.17, 15) is 9.18 Å². The second-order valence-corrected chi connectivity index (χ2v) is 9.09. The standard InChI is InChI=1S/C22H27ClFN5O2/c1-22(2)10-16(6-8-31-22)27-20-25-12-15-5-7-29(13-19(15)28-20)21(30)26-11-14-3-4-17(23)18(24)9-14/h3-4,9,12,16H,5-8,10-11,13H2,1-2H3,(H,26,30)(H,25,27,28). The first kappa shape index (κ1) is 21.8. The molecule has 9 heteroatoms. The van der Waals surface area contributed by atoms with Crippen molar-refractivity contribution in [3.05, 3.63) is 52.1 Å². The Labute approximate surface area is 186 Å². The third-order valence-corrected chi connectivity index (χ3v) is 6.00. The SMILES string of the molecule is CC1(C)CC(Nc2ncc3c(n2)CN(C(=O)NCc2ccc(Cl)c(F)c2)CC3)CCO1. The maximum absolute atomic E-state index is 13.6.